The number of esters is 4. The van der Waals surface area contributed by atoms with E-state index in [0.29, 0.717) is 0 Å². The minimum Gasteiger partial charge on any atom is -0.468 e. The number of methoxy groups -OCH3 is 4. The Morgan fingerprint density at radius 2 is 0.420 bits per heavy atom. The first-order valence-corrected chi connectivity index (χ1v) is 22.5. The Morgan fingerprint density at radius 1 is 0.261 bits per heavy atom. The zero-order valence-corrected chi connectivity index (χ0v) is 38.2. The van der Waals surface area contributed by atoms with Gasteiger partial charge in [0.25, 0.3) is 0 Å². The Morgan fingerprint density at radius 3 is 0.609 bits per heavy atom. The highest BCUT2D eigenvalue weighted by atomic mass is 16.5. The summed E-state index contributed by atoms with van der Waals surface area (Å²) in [4.78, 5) is 52.2. The standard InChI is InChI=1S/2C30H22O4.H2O/c2*1-33-29(31)27-21-11-5-3-9-17(21)19-13-7-15-23(25(19)27)24-16-8-14-20-18-10-4-6-12-22(18)28(26(20)24)30(32)34-2;/h2*3-16,27-28H,1-2H3;1H2. The Balaban J connectivity index is 0.000000158. The Hall–Kier alpha value is -8.40. The molecule has 4 atom stereocenters. The average molecular weight is 911 g/mol. The van der Waals surface area contributed by atoms with E-state index in [9.17, 15) is 19.2 Å². The van der Waals surface area contributed by atoms with Crippen molar-refractivity contribution >= 4 is 23.9 Å². The summed E-state index contributed by atoms with van der Waals surface area (Å²) in [5, 5.41) is 0. The molecule has 0 amide bonds. The summed E-state index contributed by atoms with van der Waals surface area (Å²) in [6.07, 6.45) is 0. The maximum Gasteiger partial charge on any atom is 0.317 e. The third kappa shape index (κ3) is 6.72. The number of hydrogen-bond donors (Lipinski definition) is 0. The van der Waals surface area contributed by atoms with Gasteiger partial charge in [-0.3, -0.25) is 19.2 Å². The number of carbonyl (C=O) groups excluding carboxylic acids is 4. The van der Waals surface area contributed by atoms with Gasteiger partial charge < -0.3 is 24.4 Å². The van der Waals surface area contributed by atoms with Crippen LogP contribution >= 0.6 is 0 Å². The summed E-state index contributed by atoms with van der Waals surface area (Å²) in [5.74, 6) is -3.27. The zero-order chi connectivity index (χ0) is 46.8. The summed E-state index contributed by atoms with van der Waals surface area (Å²) in [7, 11) is 5.71. The molecule has 0 bridgehead atoms. The van der Waals surface area contributed by atoms with Crippen molar-refractivity contribution in [2.75, 3.05) is 28.4 Å². The molecule has 9 heteroatoms. The fourth-order valence-corrected chi connectivity index (χ4v) is 11.4. The molecule has 0 saturated heterocycles. The van der Waals surface area contributed by atoms with Crippen molar-refractivity contribution in [2.45, 2.75) is 23.7 Å². The molecule has 4 aliphatic rings. The van der Waals surface area contributed by atoms with Gasteiger partial charge in [-0.25, -0.2) is 0 Å². The molecule has 8 aromatic rings. The van der Waals surface area contributed by atoms with Crippen LogP contribution in [0.1, 0.15) is 68.2 Å². The first kappa shape index (κ1) is 44.4. The number of rotatable bonds is 6. The molecule has 2 N–H and O–H groups in total. The number of carbonyl (C=O) groups is 4. The number of fused-ring (bicyclic) bond motifs is 12. The van der Waals surface area contributed by atoms with Crippen LogP contribution < -0.4 is 0 Å². The zero-order valence-electron chi connectivity index (χ0n) is 38.2. The van der Waals surface area contributed by atoms with Gasteiger partial charge in [0.1, 0.15) is 23.7 Å². The number of ether oxygens (including phenoxy) is 4. The van der Waals surface area contributed by atoms with Gasteiger partial charge in [0.05, 0.1) is 28.4 Å². The van der Waals surface area contributed by atoms with Crippen LogP contribution in [0.4, 0.5) is 0 Å². The third-order valence-electron chi connectivity index (χ3n) is 14.2. The second-order valence-corrected chi connectivity index (χ2v) is 17.2. The van der Waals surface area contributed by atoms with E-state index in [4.69, 9.17) is 18.9 Å². The molecule has 9 nitrogen and oxygen atoms in total. The van der Waals surface area contributed by atoms with Gasteiger partial charge in [0.15, 0.2) is 0 Å². The van der Waals surface area contributed by atoms with Gasteiger partial charge in [-0.1, -0.05) is 170 Å². The average Bonchev–Trinajstić information content (AvgIpc) is 4.13. The summed E-state index contributed by atoms with van der Waals surface area (Å²) in [6, 6.07) is 56.3. The quantitative estimate of drug-likeness (QED) is 0.119. The fourth-order valence-electron chi connectivity index (χ4n) is 11.4. The van der Waals surface area contributed by atoms with E-state index in [2.05, 4.69) is 24.3 Å². The van der Waals surface area contributed by atoms with Crippen molar-refractivity contribution in [2.24, 2.45) is 0 Å². The third-order valence-corrected chi connectivity index (χ3v) is 14.2. The molecule has 0 heterocycles. The van der Waals surface area contributed by atoms with Gasteiger partial charge in [-0.2, -0.15) is 0 Å². The predicted molar refractivity (Wildman–Crippen MR) is 265 cm³/mol. The normalized spacial score (nSPS) is 16.5. The van der Waals surface area contributed by atoms with Crippen molar-refractivity contribution in [3.8, 4) is 66.8 Å². The molecule has 0 spiro atoms. The molecule has 8 aromatic carbocycles. The minimum absolute atomic E-state index is 0. The van der Waals surface area contributed by atoms with E-state index in [0.717, 1.165) is 111 Å². The van der Waals surface area contributed by atoms with E-state index >= 15 is 0 Å². The van der Waals surface area contributed by atoms with Gasteiger partial charge >= 0.3 is 23.9 Å². The second-order valence-electron chi connectivity index (χ2n) is 17.2. The second kappa shape index (κ2) is 17.7. The number of hydrogen-bond acceptors (Lipinski definition) is 8. The predicted octanol–water partition coefficient (Wildman–Crippen LogP) is 11.0. The molecule has 4 unspecified atom stereocenters. The Kier molecular flexibility index (Phi) is 11.4. The minimum atomic E-state index is -0.524. The van der Waals surface area contributed by atoms with Crippen LogP contribution in [0.25, 0.3) is 66.8 Å². The fraction of sp³-hybridized carbons (Fsp3) is 0.133. The van der Waals surface area contributed by atoms with E-state index in [-0.39, 0.29) is 29.4 Å². The lowest BCUT2D eigenvalue weighted by Crippen LogP contribution is -2.16. The molecule has 0 aliphatic heterocycles. The largest absolute Gasteiger partial charge is 0.468 e. The smallest absolute Gasteiger partial charge is 0.317 e. The SMILES string of the molecule is COC(=O)C1c2ccccc2-c2cccc(-c3cccc4c3C(C(=O)OC)c3ccccc3-4)c21.COC(=O)C1c2ccccc2-c2cccc(-c3cccc4c3C(C(=O)OC)c3ccccc3-4)c21.O. The lowest BCUT2D eigenvalue weighted by atomic mass is 9.84. The first-order chi connectivity index (χ1) is 33.3. The maximum atomic E-state index is 13.1. The van der Waals surface area contributed by atoms with Crippen molar-refractivity contribution in [3.63, 3.8) is 0 Å². The molecule has 69 heavy (non-hydrogen) atoms. The van der Waals surface area contributed by atoms with E-state index in [1.165, 1.54) is 28.4 Å². The molecule has 0 radical (unpaired) electrons. The Bertz CT molecular complexity index is 2970. The molecule has 0 fully saturated rings. The molecular formula is C60H46O9. The van der Waals surface area contributed by atoms with Crippen LogP contribution in [0, 0.1) is 0 Å². The highest BCUT2D eigenvalue weighted by molar-refractivity contribution is 6.04. The molecule has 12 rings (SSSR count). The van der Waals surface area contributed by atoms with Gasteiger partial charge in [-0.05, 0) is 111 Å². The van der Waals surface area contributed by atoms with Crippen LogP contribution in [-0.2, 0) is 38.1 Å². The Labute approximate surface area is 399 Å². The van der Waals surface area contributed by atoms with Crippen molar-refractivity contribution in [3.05, 3.63) is 214 Å². The van der Waals surface area contributed by atoms with E-state index in [1.807, 2.05) is 146 Å². The van der Waals surface area contributed by atoms with Crippen LogP contribution in [0.2, 0.25) is 0 Å². The first-order valence-electron chi connectivity index (χ1n) is 22.5. The summed E-state index contributed by atoms with van der Waals surface area (Å²) < 4.78 is 21.0. The van der Waals surface area contributed by atoms with E-state index in [1.54, 1.807) is 0 Å². The van der Waals surface area contributed by atoms with Crippen LogP contribution in [0.3, 0.4) is 0 Å². The summed E-state index contributed by atoms with van der Waals surface area (Å²) in [6.45, 7) is 0. The van der Waals surface area contributed by atoms with Crippen molar-refractivity contribution in [1.82, 2.24) is 0 Å². The van der Waals surface area contributed by atoms with Gasteiger partial charge in [0, 0.05) is 0 Å². The molecule has 0 aromatic heterocycles. The van der Waals surface area contributed by atoms with Crippen molar-refractivity contribution in [1.29, 1.82) is 0 Å². The summed E-state index contributed by atoms with van der Waals surface area (Å²) in [5.41, 5.74) is 19.4. The van der Waals surface area contributed by atoms with Crippen LogP contribution in [-0.4, -0.2) is 57.8 Å². The van der Waals surface area contributed by atoms with E-state index < -0.39 is 23.7 Å². The molecule has 0 saturated carbocycles. The van der Waals surface area contributed by atoms with Crippen molar-refractivity contribution < 1.29 is 43.6 Å². The lowest BCUT2D eigenvalue weighted by Gasteiger charge is -2.20. The molecule has 4 aliphatic carbocycles. The molecule has 340 valence electrons. The monoisotopic (exact) mass is 910 g/mol. The highest BCUT2D eigenvalue weighted by Crippen LogP contribution is 2.56. The van der Waals surface area contributed by atoms with Crippen LogP contribution in [0.5, 0.6) is 0 Å². The van der Waals surface area contributed by atoms with Crippen LogP contribution in [0.15, 0.2) is 170 Å². The maximum absolute atomic E-state index is 13.1. The van der Waals surface area contributed by atoms with Gasteiger partial charge in [0.2, 0.25) is 0 Å². The topological polar surface area (TPSA) is 137 Å². The number of benzene rings is 8. The summed E-state index contributed by atoms with van der Waals surface area (Å²) >= 11 is 0. The molecular weight excluding hydrogens is 865 g/mol. The van der Waals surface area contributed by atoms with Gasteiger partial charge in [-0.15, -0.1) is 0 Å². The lowest BCUT2D eigenvalue weighted by molar-refractivity contribution is -0.142. The highest BCUT2D eigenvalue weighted by Gasteiger charge is 2.42.